The summed E-state index contributed by atoms with van der Waals surface area (Å²) in [7, 11) is 0. The minimum atomic E-state index is -3.79. The molecule has 218 valence electrons. The van der Waals surface area contributed by atoms with Crippen molar-refractivity contribution in [2.45, 2.75) is 63.4 Å². The van der Waals surface area contributed by atoms with Crippen LogP contribution in [0.2, 0.25) is 0 Å². The highest BCUT2D eigenvalue weighted by molar-refractivity contribution is 8.09. The first-order chi connectivity index (χ1) is 18.9. The minimum absolute atomic E-state index is 0.0446. The van der Waals surface area contributed by atoms with Crippen LogP contribution in [0.5, 0.6) is 5.75 Å². The molecule has 40 heavy (non-hydrogen) atoms. The van der Waals surface area contributed by atoms with E-state index in [9.17, 15) is 23.8 Å². The van der Waals surface area contributed by atoms with E-state index in [4.69, 9.17) is 36.1 Å². The lowest BCUT2D eigenvalue weighted by Crippen LogP contribution is -2.53. The Morgan fingerprint density at radius 1 is 1.25 bits per heavy atom. The number of nitrogens with one attached hydrogen (secondary N) is 1. The topological polar surface area (TPSA) is 176 Å². The van der Waals surface area contributed by atoms with Crippen molar-refractivity contribution in [3.05, 3.63) is 43.0 Å². The Labute approximate surface area is 232 Å². The number of hydrogen-bond acceptors (Lipinski definition) is 12. The predicted molar refractivity (Wildman–Crippen MR) is 142 cm³/mol. The zero-order chi connectivity index (χ0) is 29.2. The van der Waals surface area contributed by atoms with Crippen LogP contribution in [0.1, 0.15) is 27.0 Å². The molecule has 0 amide bonds. The van der Waals surface area contributed by atoms with Gasteiger partial charge in [-0.3, -0.25) is 9.36 Å². The number of imidazole rings is 1. The van der Waals surface area contributed by atoms with E-state index < -0.39 is 61.8 Å². The van der Waals surface area contributed by atoms with Crippen LogP contribution in [0.4, 0.5) is 14.6 Å². The van der Waals surface area contributed by atoms with E-state index in [2.05, 4.69) is 20.0 Å². The number of nitrogen functional groups attached to an aromatic ring is 1. The molecule has 4 rings (SSSR count). The minimum Gasteiger partial charge on any atom is -0.462 e. The lowest BCUT2D eigenvalue weighted by Gasteiger charge is -2.34. The number of ether oxygens (including phenoxy) is 2. The van der Waals surface area contributed by atoms with Gasteiger partial charge < -0.3 is 34.5 Å². The second-order valence-corrected chi connectivity index (χ2v) is 12.4. The molecular formula is C23H29F2N6O7PS. The van der Waals surface area contributed by atoms with Gasteiger partial charge in [-0.15, -0.1) is 0 Å². The van der Waals surface area contributed by atoms with Gasteiger partial charge >= 0.3 is 12.6 Å². The quantitative estimate of drug-likeness (QED) is 0.185. The highest BCUT2D eigenvalue weighted by atomic mass is 32.5. The molecule has 6 atom stereocenters. The van der Waals surface area contributed by atoms with Gasteiger partial charge in [0, 0.05) is 0 Å². The molecule has 0 bridgehead atoms. The van der Waals surface area contributed by atoms with Crippen molar-refractivity contribution >= 4 is 41.4 Å². The summed E-state index contributed by atoms with van der Waals surface area (Å²) in [5.74, 6) is -0.482. The summed E-state index contributed by atoms with van der Waals surface area (Å²) in [6.07, 6.45) is -7.03. The highest BCUT2D eigenvalue weighted by Gasteiger charge is 2.61. The van der Waals surface area contributed by atoms with Crippen molar-refractivity contribution in [3.8, 4) is 5.75 Å². The molecule has 0 spiro atoms. The number of rotatable bonds is 11. The third kappa shape index (κ3) is 6.07. The van der Waals surface area contributed by atoms with Gasteiger partial charge in [-0.1, -0.05) is 18.2 Å². The molecule has 0 radical (unpaired) electrons. The molecule has 1 aromatic carbocycles. The number of nitrogens with zero attached hydrogens (tertiary/aromatic N) is 4. The maximum absolute atomic E-state index is 14.7. The molecular weight excluding hydrogens is 573 g/mol. The lowest BCUT2D eigenvalue weighted by molar-refractivity contribution is -0.191. The van der Waals surface area contributed by atoms with Crippen LogP contribution in [0.15, 0.2) is 43.0 Å². The maximum atomic E-state index is 14.7. The number of carbonyl (C=O) groups is 1. The summed E-state index contributed by atoms with van der Waals surface area (Å²) < 4.78 is 52.9. The van der Waals surface area contributed by atoms with Crippen molar-refractivity contribution < 1.29 is 42.3 Å². The van der Waals surface area contributed by atoms with Crippen molar-refractivity contribution in [1.82, 2.24) is 24.6 Å². The Hall–Kier alpha value is -2.85. The first-order valence-electron chi connectivity index (χ1n) is 12.1. The molecule has 1 aliphatic rings. The first kappa shape index (κ1) is 30.1. The molecule has 1 aliphatic heterocycles. The Bertz CT molecular complexity index is 1390. The number of benzene rings is 1. The number of hydrogen-bond donors (Lipinski definition) is 4. The molecule has 3 aromatic rings. The number of nitrogens with two attached hydrogens (primary N) is 1. The molecule has 13 nitrogen and oxygen atoms in total. The maximum Gasteiger partial charge on any atom is 0.323 e. The lowest BCUT2D eigenvalue weighted by atomic mass is 9.96. The number of alkyl halides is 2. The highest BCUT2D eigenvalue weighted by Crippen LogP contribution is 2.49. The third-order valence-corrected chi connectivity index (χ3v) is 8.46. The van der Waals surface area contributed by atoms with E-state index in [0.717, 1.165) is 10.9 Å². The van der Waals surface area contributed by atoms with Gasteiger partial charge in [-0.2, -0.15) is 0 Å². The standard InChI is InChI=1S/C23H29F2N6O7PS/c1-12(2)36-21(34)13(3)30-39(40,38-14-7-5-4-6-8-14)35-9-23(22(24)25)17(33)16(32)20(37-23)31-11-29-19-15(31)18(26)27-10-28-19/h4-8,10-13,16-17,20,22,32-33H,9H2,1-3H3,(H,30,40)(H2,26,27,28)/t13-,16+,17-,20+,23+,39?/m0/s1. The van der Waals surface area contributed by atoms with E-state index in [1.54, 1.807) is 44.2 Å². The van der Waals surface area contributed by atoms with E-state index >= 15 is 0 Å². The Kier molecular flexibility index (Phi) is 8.99. The number of halogens is 2. The van der Waals surface area contributed by atoms with Crippen molar-refractivity contribution in [2.75, 3.05) is 12.3 Å². The first-order valence-corrected chi connectivity index (χ1v) is 14.7. The molecule has 1 unspecified atom stereocenters. The molecule has 3 heterocycles. The van der Waals surface area contributed by atoms with Crippen LogP contribution in [0, 0.1) is 0 Å². The van der Waals surface area contributed by atoms with Crippen LogP contribution < -0.4 is 15.3 Å². The number of fused-ring (bicyclic) bond motifs is 1. The van der Waals surface area contributed by atoms with Gasteiger partial charge in [-0.25, -0.2) is 28.8 Å². The fourth-order valence-corrected chi connectivity index (χ4v) is 6.43. The third-order valence-electron chi connectivity index (χ3n) is 5.98. The van der Waals surface area contributed by atoms with Crippen LogP contribution in [0.3, 0.4) is 0 Å². The van der Waals surface area contributed by atoms with Gasteiger partial charge in [0.1, 0.15) is 42.2 Å². The number of esters is 1. The average Bonchev–Trinajstić information content (AvgIpc) is 3.43. The number of carbonyl (C=O) groups excluding carboxylic acids is 1. The fourth-order valence-electron chi connectivity index (χ4n) is 4.01. The zero-order valence-electron chi connectivity index (χ0n) is 21.6. The number of para-hydroxylation sites is 1. The summed E-state index contributed by atoms with van der Waals surface area (Å²) in [5.41, 5.74) is 3.38. The predicted octanol–water partition coefficient (Wildman–Crippen LogP) is 1.91. The van der Waals surface area contributed by atoms with Crippen molar-refractivity contribution in [3.63, 3.8) is 0 Å². The average molecular weight is 603 g/mol. The van der Waals surface area contributed by atoms with Gasteiger partial charge in [-0.05, 0) is 44.7 Å². The van der Waals surface area contributed by atoms with Crippen LogP contribution in [-0.2, 0) is 30.6 Å². The van der Waals surface area contributed by atoms with Crippen LogP contribution in [-0.4, -0.2) is 78.7 Å². The van der Waals surface area contributed by atoms with Gasteiger partial charge in [0.15, 0.2) is 23.3 Å². The second-order valence-electron chi connectivity index (χ2n) is 9.29. The number of anilines is 1. The number of aliphatic hydroxyl groups excluding tert-OH is 2. The fraction of sp³-hybridized carbons (Fsp3) is 0.478. The normalized spacial score (nSPS) is 25.3. The second kappa shape index (κ2) is 11.9. The Morgan fingerprint density at radius 2 is 1.95 bits per heavy atom. The van der Waals surface area contributed by atoms with Crippen molar-refractivity contribution in [2.24, 2.45) is 0 Å². The van der Waals surface area contributed by atoms with E-state index in [-0.39, 0.29) is 22.7 Å². The molecule has 1 saturated heterocycles. The summed E-state index contributed by atoms with van der Waals surface area (Å²) in [5, 5.41) is 24.4. The summed E-state index contributed by atoms with van der Waals surface area (Å²) in [6, 6.07) is 7.10. The summed E-state index contributed by atoms with van der Waals surface area (Å²) in [4.78, 5) is 24.3. The van der Waals surface area contributed by atoms with Crippen LogP contribution in [0.25, 0.3) is 11.2 Å². The van der Waals surface area contributed by atoms with Crippen molar-refractivity contribution in [1.29, 1.82) is 0 Å². The molecule has 5 N–H and O–H groups in total. The monoisotopic (exact) mass is 602 g/mol. The molecule has 0 saturated carbocycles. The van der Waals surface area contributed by atoms with Gasteiger partial charge in [0.25, 0.3) is 6.43 Å². The SMILES string of the molecule is CC(C)OC(=O)[C@H](C)NP(=S)(OC[C@@]1(C(F)F)O[C@@H](n2cnc3ncnc(N)c32)[C@H](O)[C@@H]1O)Oc1ccccc1. The molecule has 2 aromatic heterocycles. The zero-order valence-corrected chi connectivity index (χ0v) is 23.3. The smallest absolute Gasteiger partial charge is 0.323 e. The summed E-state index contributed by atoms with van der Waals surface area (Å²) >= 11 is 5.58. The summed E-state index contributed by atoms with van der Waals surface area (Å²) in [6.45, 7) is -0.0427. The van der Waals surface area contributed by atoms with E-state index in [0.29, 0.717) is 0 Å². The Balaban J connectivity index is 1.63. The number of aromatic nitrogens is 4. The van der Waals surface area contributed by atoms with E-state index in [1.165, 1.54) is 13.3 Å². The van der Waals surface area contributed by atoms with Crippen LogP contribution >= 0.6 is 6.64 Å². The molecule has 1 fully saturated rings. The Morgan fingerprint density at radius 3 is 2.60 bits per heavy atom. The molecule has 0 aliphatic carbocycles. The number of aliphatic hydroxyl groups is 2. The largest absolute Gasteiger partial charge is 0.462 e. The van der Waals surface area contributed by atoms with Gasteiger partial charge in [0.2, 0.25) is 0 Å². The van der Waals surface area contributed by atoms with E-state index in [1.807, 2.05) is 0 Å². The van der Waals surface area contributed by atoms with Gasteiger partial charge in [0.05, 0.1) is 12.7 Å². The molecule has 17 heteroatoms.